The van der Waals surface area contributed by atoms with E-state index in [1.165, 1.54) is 7.11 Å². The Kier molecular flexibility index (Phi) is 7.09. The minimum Gasteiger partial charge on any atom is -0.500 e. The van der Waals surface area contributed by atoms with E-state index < -0.39 is 5.92 Å². The Morgan fingerprint density at radius 2 is 2.20 bits per heavy atom. The Morgan fingerprint density at radius 3 is 2.65 bits per heavy atom. The van der Waals surface area contributed by atoms with Crippen LogP contribution in [0.4, 0.5) is 0 Å². The number of hydrogen-bond acceptors (Lipinski definition) is 3. The summed E-state index contributed by atoms with van der Waals surface area (Å²) in [4.78, 5) is 14.5. The molecule has 0 aromatic rings. The summed E-state index contributed by atoms with van der Waals surface area (Å²) in [5.74, 6) is -0.184. The smallest absolute Gasteiger partial charge is 0.235 e. The molecule has 1 atom stereocenters. The molecule has 0 saturated heterocycles. The number of ether oxygens (including phenoxy) is 1. The second-order valence-corrected chi connectivity index (χ2v) is 4.89. The number of allylic oxidation sites excluding steroid dienone is 4. The number of carbonyl (C=O) groups is 1. The van der Waals surface area contributed by atoms with Gasteiger partial charge in [-0.25, -0.2) is 0 Å². The molecule has 0 aromatic heterocycles. The van der Waals surface area contributed by atoms with Crippen molar-refractivity contribution < 1.29 is 14.6 Å². The van der Waals surface area contributed by atoms with Gasteiger partial charge in [0.15, 0.2) is 0 Å². The van der Waals surface area contributed by atoms with Gasteiger partial charge in [-0.3, -0.25) is 4.79 Å². The number of carbonyl (C=O) groups excluding carboxylic acids is 1. The predicted octanol–water partition coefficient (Wildman–Crippen LogP) is 2.27. The maximum atomic E-state index is 12.6. The summed E-state index contributed by atoms with van der Waals surface area (Å²) in [7, 11) is 1.52. The van der Waals surface area contributed by atoms with Crippen LogP contribution in [0.3, 0.4) is 0 Å². The highest BCUT2D eigenvalue weighted by molar-refractivity contribution is 5.82. The number of aliphatic hydroxyl groups is 1. The van der Waals surface area contributed by atoms with Gasteiger partial charge in [0.1, 0.15) is 11.7 Å². The van der Waals surface area contributed by atoms with E-state index >= 15 is 0 Å². The molecule has 0 aromatic carbocycles. The maximum absolute atomic E-state index is 12.6. The fraction of sp³-hybridized carbons (Fsp3) is 0.562. The zero-order chi connectivity index (χ0) is 15.0. The van der Waals surface area contributed by atoms with Crippen LogP contribution in [-0.2, 0) is 9.53 Å². The van der Waals surface area contributed by atoms with Crippen LogP contribution in [0.2, 0.25) is 0 Å². The Bertz CT molecular complexity index is 383. The Morgan fingerprint density at radius 1 is 1.50 bits per heavy atom. The fourth-order valence-corrected chi connectivity index (χ4v) is 2.15. The third-order valence-electron chi connectivity index (χ3n) is 3.30. The maximum Gasteiger partial charge on any atom is 0.235 e. The van der Waals surface area contributed by atoms with Gasteiger partial charge >= 0.3 is 0 Å². The van der Waals surface area contributed by atoms with Gasteiger partial charge in [-0.1, -0.05) is 31.7 Å². The molecule has 0 heterocycles. The number of hydrogen-bond donors (Lipinski definition) is 1. The van der Waals surface area contributed by atoms with Crippen molar-refractivity contribution in [1.29, 1.82) is 0 Å². The summed E-state index contributed by atoms with van der Waals surface area (Å²) in [6.07, 6.45) is 9.90. The van der Waals surface area contributed by atoms with Crippen LogP contribution >= 0.6 is 0 Å². The molecule has 1 saturated carbocycles. The van der Waals surface area contributed by atoms with E-state index in [-0.39, 0.29) is 12.5 Å². The lowest BCUT2D eigenvalue weighted by Crippen LogP contribution is -2.40. The minimum absolute atomic E-state index is 0.0445. The molecule has 0 aliphatic heterocycles. The first-order valence-electron chi connectivity index (χ1n) is 7.14. The molecule has 1 fully saturated rings. The van der Waals surface area contributed by atoms with Gasteiger partial charge < -0.3 is 14.7 Å². The summed E-state index contributed by atoms with van der Waals surface area (Å²) in [6.45, 7) is 6.13. The second-order valence-electron chi connectivity index (χ2n) is 4.89. The monoisotopic (exact) mass is 279 g/mol. The first-order valence-corrected chi connectivity index (χ1v) is 7.14. The number of nitrogens with zero attached hydrogens (tertiary/aromatic N) is 1. The van der Waals surface area contributed by atoms with Gasteiger partial charge in [0.05, 0.1) is 13.7 Å². The molecule has 20 heavy (non-hydrogen) atoms. The lowest BCUT2D eigenvalue weighted by Gasteiger charge is -2.27. The lowest BCUT2D eigenvalue weighted by molar-refractivity contribution is -0.137. The van der Waals surface area contributed by atoms with Crippen LogP contribution in [0.25, 0.3) is 0 Å². The van der Waals surface area contributed by atoms with Crippen LogP contribution in [0, 0.1) is 5.92 Å². The van der Waals surface area contributed by atoms with Crippen LogP contribution in [-0.4, -0.2) is 42.2 Å². The standard InChI is InChI=1S/C16H25NO3/c1-4-6-7-8-15(20-3)14(12-18)16(19)17(11-5-2)13-9-10-13/h4,6-8,13-14,18H,1,5,9-12H2,2-3H3/b7-6-,15-8-. The highest BCUT2D eigenvalue weighted by Gasteiger charge is 2.36. The average Bonchev–Trinajstić information content (AvgIpc) is 3.28. The Labute approximate surface area is 121 Å². The van der Waals surface area contributed by atoms with Crippen molar-refractivity contribution in [3.63, 3.8) is 0 Å². The molecular weight excluding hydrogens is 254 g/mol. The number of rotatable bonds is 9. The van der Waals surface area contributed by atoms with Crippen molar-refractivity contribution >= 4 is 5.91 Å². The molecule has 1 N–H and O–H groups in total. The highest BCUT2D eigenvalue weighted by Crippen LogP contribution is 2.29. The molecule has 1 unspecified atom stereocenters. The molecule has 4 nitrogen and oxygen atoms in total. The van der Waals surface area contributed by atoms with E-state index in [9.17, 15) is 9.90 Å². The molecular formula is C16H25NO3. The van der Waals surface area contributed by atoms with Gasteiger partial charge in [0.25, 0.3) is 0 Å². The van der Waals surface area contributed by atoms with E-state index in [0.717, 1.165) is 25.8 Å². The van der Waals surface area contributed by atoms with Crippen molar-refractivity contribution in [2.45, 2.75) is 32.2 Å². The van der Waals surface area contributed by atoms with Crippen molar-refractivity contribution in [3.8, 4) is 0 Å². The minimum atomic E-state index is -0.624. The van der Waals surface area contributed by atoms with Crippen LogP contribution in [0.5, 0.6) is 0 Å². The SMILES string of the molecule is C=C/C=C\C=C(/OC)C(CO)C(=O)N(CCC)C1CC1. The molecule has 0 spiro atoms. The first kappa shape index (κ1) is 16.5. The summed E-state index contributed by atoms with van der Waals surface area (Å²) in [5.41, 5.74) is 0. The van der Waals surface area contributed by atoms with Crippen LogP contribution in [0.1, 0.15) is 26.2 Å². The fourth-order valence-electron chi connectivity index (χ4n) is 2.15. The third kappa shape index (κ3) is 4.53. The van der Waals surface area contributed by atoms with Crippen molar-refractivity contribution in [2.75, 3.05) is 20.3 Å². The first-order chi connectivity index (χ1) is 9.69. The normalized spacial score (nSPS) is 17.1. The Balaban J connectivity index is 2.85. The quantitative estimate of drug-likeness (QED) is 0.520. The molecule has 112 valence electrons. The summed E-state index contributed by atoms with van der Waals surface area (Å²) in [5, 5.41) is 9.56. The molecule has 1 aliphatic rings. The molecule has 1 rings (SSSR count). The number of amides is 1. The number of methoxy groups -OCH3 is 1. The largest absolute Gasteiger partial charge is 0.500 e. The van der Waals surface area contributed by atoms with Gasteiger partial charge in [0.2, 0.25) is 5.91 Å². The van der Waals surface area contributed by atoms with Gasteiger partial charge in [-0.2, -0.15) is 0 Å². The average molecular weight is 279 g/mol. The van der Waals surface area contributed by atoms with Gasteiger partial charge in [0, 0.05) is 12.6 Å². The molecule has 0 bridgehead atoms. The zero-order valence-electron chi connectivity index (χ0n) is 12.4. The van der Waals surface area contributed by atoms with E-state index in [0.29, 0.717) is 11.8 Å². The van der Waals surface area contributed by atoms with Crippen molar-refractivity contribution in [2.24, 2.45) is 5.92 Å². The number of aliphatic hydroxyl groups excluding tert-OH is 1. The van der Waals surface area contributed by atoms with Crippen LogP contribution < -0.4 is 0 Å². The van der Waals surface area contributed by atoms with Crippen molar-refractivity contribution in [1.82, 2.24) is 4.90 Å². The van der Waals surface area contributed by atoms with Gasteiger partial charge in [-0.05, 0) is 25.3 Å². The van der Waals surface area contributed by atoms with E-state index in [1.807, 2.05) is 4.90 Å². The third-order valence-corrected chi connectivity index (χ3v) is 3.30. The van der Waals surface area contributed by atoms with E-state index in [2.05, 4.69) is 13.5 Å². The second kappa shape index (κ2) is 8.59. The summed E-state index contributed by atoms with van der Waals surface area (Å²) in [6, 6.07) is 0.346. The Hall–Kier alpha value is -1.55. The topological polar surface area (TPSA) is 49.8 Å². The molecule has 4 heteroatoms. The summed E-state index contributed by atoms with van der Waals surface area (Å²) < 4.78 is 5.27. The lowest BCUT2D eigenvalue weighted by atomic mass is 10.1. The molecule has 1 amide bonds. The zero-order valence-corrected chi connectivity index (χ0v) is 12.4. The van der Waals surface area contributed by atoms with E-state index in [4.69, 9.17) is 4.74 Å². The summed E-state index contributed by atoms with van der Waals surface area (Å²) >= 11 is 0. The molecule has 0 radical (unpaired) electrons. The van der Waals surface area contributed by atoms with Crippen LogP contribution in [0.15, 0.2) is 36.6 Å². The molecule has 1 aliphatic carbocycles. The van der Waals surface area contributed by atoms with Gasteiger partial charge in [-0.15, -0.1) is 0 Å². The van der Waals surface area contributed by atoms with Crippen molar-refractivity contribution in [3.05, 3.63) is 36.6 Å². The van der Waals surface area contributed by atoms with E-state index in [1.54, 1.807) is 24.3 Å². The highest BCUT2D eigenvalue weighted by atomic mass is 16.5. The predicted molar refractivity (Wildman–Crippen MR) is 80.0 cm³/mol.